The van der Waals surface area contributed by atoms with Crippen LogP contribution in [0.4, 0.5) is 0 Å². The number of nitrogens with one attached hydrogen (secondary N) is 1. The average molecular weight is 292 g/mol. The zero-order valence-electron chi connectivity index (χ0n) is 13.6. The smallest absolute Gasteiger partial charge is 0.227 e. The first-order valence-electron chi connectivity index (χ1n) is 7.68. The summed E-state index contributed by atoms with van der Waals surface area (Å²) in [6.07, 6.45) is 1.49. The molecule has 118 valence electrons. The van der Waals surface area contributed by atoms with Crippen LogP contribution in [0.5, 0.6) is 5.75 Å². The summed E-state index contributed by atoms with van der Waals surface area (Å²) in [7, 11) is 0. The van der Waals surface area contributed by atoms with Crippen LogP contribution >= 0.6 is 0 Å². The average Bonchev–Trinajstić information content (AvgIpc) is 2.48. The lowest BCUT2D eigenvalue weighted by Crippen LogP contribution is -2.49. The molecule has 0 aromatic heterocycles. The second-order valence-electron chi connectivity index (χ2n) is 5.69. The van der Waals surface area contributed by atoms with Crippen molar-refractivity contribution in [3.63, 3.8) is 0 Å². The summed E-state index contributed by atoms with van der Waals surface area (Å²) in [6, 6.07) is 7.83. The van der Waals surface area contributed by atoms with Crippen LogP contribution < -0.4 is 15.8 Å². The van der Waals surface area contributed by atoms with Gasteiger partial charge in [-0.05, 0) is 44.4 Å². The molecule has 0 aliphatic carbocycles. The normalized spacial score (nSPS) is 12.8. The number of ether oxygens (including phenoxy) is 1. The van der Waals surface area contributed by atoms with Crippen molar-refractivity contribution in [3.8, 4) is 5.75 Å². The first-order valence-corrected chi connectivity index (χ1v) is 7.68. The first kappa shape index (κ1) is 17.5. The molecule has 4 nitrogen and oxygen atoms in total. The summed E-state index contributed by atoms with van der Waals surface area (Å²) >= 11 is 0. The molecule has 1 atom stereocenters. The van der Waals surface area contributed by atoms with E-state index in [9.17, 15) is 4.79 Å². The van der Waals surface area contributed by atoms with Gasteiger partial charge in [-0.2, -0.15) is 0 Å². The van der Waals surface area contributed by atoms with Gasteiger partial charge in [0, 0.05) is 6.54 Å². The highest BCUT2D eigenvalue weighted by atomic mass is 16.5. The van der Waals surface area contributed by atoms with Gasteiger partial charge in [-0.3, -0.25) is 4.79 Å². The number of carbonyl (C=O) groups is 1. The van der Waals surface area contributed by atoms with Crippen molar-refractivity contribution in [2.45, 2.75) is 46.6 Å². The van der Waals surface area contributed by atoms with E-state index in [-0.39, 0.29) is 11.9 Å². The summed E-state index contributed by atoms with van der Waals surface area (Å²) < 4.78 is 5.72. The maximum Gasteiger partial charge on any atom is 0.227 e. The minimum atomic E-state index is -0.461. The molecule has 1 aromatic rings. The number of hydrogen-bond acceptors (Lipinski definition) is 3. The molecular weight excluding hydrogens is 264 g/mol. The van der Waals surface area contributed by atoms with Gasteiger partial charge in [0.1, 0.15) is 12.4 Å². The van der Waals surface area contributed by atoms with Crippen LogP contribution in [0.3, 0.4) is 0 Å². The van der Waals surface area contributed by atoms with Crippen LogP contribution in [0.2, 0.25) is 0 Å². The summed E-state index contributed by atoms with van der Waals surface area (Å²) in [5.74, 6) is 0.850. The molecule has 0 aliphatic rings. The minimum Gasteiger partial charge on any atom is -0.491 e. The zero-order chi connectivity index (χ0) is 15.9. The lowest BCUT2D eigenvalue weighted by atomic mass is 9.81. The number of hydrogen-bond donors (Lipinski definition) is 2. The van der Waals surface area contributed by atoms with Crippen LogP contribution in [-0.4, -0.2) is 25.1 Å². The Hall–Kier alpha value is -1.55. The molecule has 0 bridgehead atoms. The zero-order valence-corrected chi connectivity index (χ0v) is 13.6. The van der Waals surface area contributed by atoms with E-state index in [2.05, 4.69) is 5.32 Å². The second-order valence-corrected chi connectivity index (χ2v) is 5.69. The molecule has 1 unspecified atom stereocenters. The maximum absolute atomic E-state index is 12.4. The summed E-state index contributed by atoms with van der Waals surface area (Å²) in [4.78, 5) is 12.4. The van der Waals surface area contributed by atoms with Crippen molar-refractivity contribution < 1.29 is 9.53 Å². The van der Waals surface area contributed by atoms with Crippen molar-refractivity contribution in [1.29, 1.82) is 0 Å². The number of amides is 1. The number of nitrogens with two attached hydrogens (primary N) is 1. The van der Waals surface area contributed by atoms with Gasteiger partial charge in [-0.25, -0.2) is 0 Å². The molecule has 4 heteroatoms. The quantitative estimate of drug-likeness (QED) is 0.774. The Balaban J connectivity index is 2.53. The van der Waals surface area contributed by atoms with Crippen molar-refractivity contribution in [2.75, 3.05) is 13.2 Å². The predicted octanol–water partition coefficient (Wildman–Crippen LogP) is 2.64. The lowest BCUT2D eigenvalue weighted by Gasteiger charge is -2.30. The topological polar surface area (TPSA) is 64.4 Å². The molecule has 1 rings (SSSR count). The molecule has 0 saturated heterocycles. The Kier molecular flexibility index (Phi) is 6.69. The van der Waals surface area contributed by atoms with Gasteiger partial charge in [0.25, 0.3) is 0 Å². The third-order valence-electron chi connectivity index (χ3n) is 4.09. The van der Waals surface area contributed by atoms with E-state index >= 15 is 0 Å². The Morgan fingerprint density at radius 3 is 2.57 bits per heavy atom. The van der Waals surface area contributed by atoms with Gasteiger partial charge in [0.15, 0.2) is 0 Å². The second kappa shape index (κ2) is 8.03. The third kappa shape index (κ3) is 4.74. The van der Waals surface area contributed by atoms with E-state index in [1.807, 2.05) is 52.0 Å². The minimum absolute atomic E-state index is 0.0235. The van der Waals surface area contributed by atoms with Crippen LogP contribution in [0.15, 0.2) is 24.3 Å². The fourth-order valence-electron chi connectivity index (χ4n) is 2.30. The van der Waals surface area contributed by atoms with Gasteiger partial charge in [0.2, 0.25) is 5.91 Å². The monoisotopic (exact) mass is 292 g/mol. The SMILES string of the molecule is CCC(CC)(CN)C(=O)NC(C)COc1cccc(C)c1. The predicted molar refractivity (Wildman–Crippen MR) is 86.3 cm³/mol. The van der Waals surface area contributed by atoms with Crippen molar-refractivity contribution >= 4 is 5.91 Å². The standard InChI is InChI=1S/C17H28N2O2/c1-5-17(6-2,12-18)16(20)19-14(4)11-21-15-9-7-8-13(3)10-15/h7-10,14H,5-6,11-12,18H2,1-4H3,(H,19,20). The molecular formula is C17H28N2O2. The van der Waals surface area contributed by atoms with E-state index in [1.54, 1.807) is 0 Å². The molecule has 21 heavy (non-hydrogen) atoms. The molecule has 0 fully saturated rings. The Morgan fingerprint density at radius 1 is 1.38 bits per heavy atom. The third-order valence-corrected chi connectivity index (χ3v) is 4.09. The highest BCUT2D eigenvalue weighted by Crippen LogP contribution is 2.25. The van der Waals surface area contributed by atoms with Crippen LogP contribution in [-0.2, 0) is 4.79 Å². The van der Waals surface area contributed by atoms with Crippen LogP contribution in [0.1, 0.15) is 39.2 Å². The number of carbonyl (C=O) groups excluding carboxylic acids is 1. The highest BCUT2D eigenvalue weighted by Gasteiger charge is 2.33. The Morgan fingerprint density at radius 2 is 2.05 bits per heavy atom. The molecule has 0 saturated carbocycles. The molecule has 0 aliphatic heterocycles. The molecule has 1 amide bonds. The molecule has 1 aromatic carbocycles. The maximum atomic E-state index is 12.4. The fraction of sp³-hybridized carbons (Fsp3) is 0.588. The van der Waals surface area contributed by atoms with Gasteiger partial charge in [0.05, 0.1) is 11.5 Å². The Bertz CT molecular complexity index is 448. The molecule has 0 spiro atoms. The van der Waals surface area contributed by atoms with E-state index in [1.165, 1.54) is 0 Å². The van der Waals surface area contributed by atoms with Gasteiger partial charge in [-0.1, -0.05) is 26.0 Å². The van der Waals surface area contributed by atoms with E-state index < -0.39 is 5.41 Å². The highest BCUT2D eigenvalue weighted by molar-refractivity contribution is 5.83. The van der Waals surface area contributed by atoms with Crippen LogP contribution in [0, 0.1) is 12.3 Å². The molecule has 0 heterocycles. The van der Waals surface area contributed by atoms with E-state index in [0.29, 0.717) is 13.2 Å². The van der Waals surface area contributed by atoms with Crippen molar-refractivity contribution in [2.24, 2.45) is 11.1 Å². The van der Waals surface area contributed by atoms with E-state index in [4.69, 9.17) is 10.5 Å². The van der Waals surface area contributed by atoms with Crippen molar-refractivity contribution in [3.05, 3.63) is 29.8 Å². The van der Waals surface area contributed by atoms with Crippen molar-refractivity contribution in [1.82, 2.24) is 5.32 Å². The van der Waals surface area contributed by atoms with E-state index in [0.717, 1.165) is 24.2 Å². The summed E-state index contributed by atoms with van der Waals surface area (Å²) in [6.45, 7) is 8.80. The van der Waals surface area contributed by atoms with Gasteiger partial charge >= 0.3 is 0 Å². The molecule has 3 N–H and O–H groups in total. The summed E-state index contributed by atoms with van der Waals surface area (Å²) in [5, 5.41) is 3.01. The number of rotatable bonds is 8. The van der Waals surface area contributed by atoms with Gasteiger partial charge in [-0.15, -0.1) is 0 Å². The fourth-order valence-corrected chi connectivity index (χ4v) is 2.30. The molecule has 0 radical (unpaired) electrons. The number of aryl methyl sites for hydroxylation is 1. The van der Waals surface area contributed by atoms with Crippen LogP contribution in [0.25, 0.3) is 0 Å². The largest absolute Gasteiger partial charge is 0.491 e. The Labute approximate surface area is 128 Å². The first-order chi connectivity index (χ1) is 9.97. The number of benzene rings is 1. The van der Waals surface area contributed by atoms with Gasteiger partial charge < -0.3 is 15.8 Å². The lowest BCUT2D eigenvalue weighted by molar-refractivity contribution is -0.131. The summed E-state index contributed by atoms with van der Waals surface area (Å²) in [5.41, 5.74) is 6.49.